The molecule has 17 nitrogen and oxygen atoms in total. The van der Waals surface area contributed by atoms with Gasteiger partial charge in [-0.25, -0.2) is 4.98 Å². The van der Waals surface area contributed by atoms with E-state index < -0.39 is 65.0 Å². The molecule has 0 bridgehead atoms. The first-order chi connectivity index (χ1) is 28.9. The van der Waals surface area contributed by atoms with Crippen molar-refractivity contribution in [3.63, 3.8) is 0 Å². The van der Waals surface area contributed by atoms with Gasteiger partial charge in [0.15, 0.2) is 11.7 Å². The van der Waals surface area contributed by atoms with Crippen LogP contribution in [0.25, 0.3) is 10.9 Å². The number of aliphatic imine (C=N–C) groups is 1. The summed E-state index contributed by atoms with van der Waals surface area (Å²) in [5.74, 6) is -6.40. The van der Waals surface area contributed by atoms with Gasteiger partial charge in [-0.15, -0.1) is 0 Å². The summed E-state index contributed by atoms with van der Waals surface area (Å²) in [6.45, 7) is 0.175. The van der Waals surface area contributed by atoms with E-state index in [-0.39, 0.29) is 89.0 Å². The van der Waals surface area contributed by atoms with Crippen LogP contribution in [-0.2, 0) is 52.8 Å². The van der Waals surface area contributed by atoms with Gasteiger partial charge < -0.3 is 43.1 Å². The van der Waals surface area contributed by atoms with E-state index in [4.69, 9.17) is 17.2 Å². The molecule has 1 fully saturated rings. The number of para-hydroxylation sites is 1. The van der Waals surface area contributed by atoms with Crippen LogP contribution in [-0.4, -0.2) is 87.1 Å². The average Bonchev–Trinajstić information content (AvgIpc) is 3.90. The Morgan fingerprint density at radius 3 is 2.32 bits per heavy atom. The quantitative estimate of drug-likeness (QED) is 0.0515. The Bertz CT molecular complexity index is 2150. The number of ketones is 3. The van der Waals surface area contributed by atoms with Crippen LogP contribution in [0.15, 0.2) is 78.3 Å². The highest BCUT2D eigenvalue weighted by Crippen LogP contribution is 2.27. The molecule has 60 heavy (non-hydrogen) atoms. The topological polar surface area (TPSA) is 290 Å². The zero-order valence-electron chi connectivity index (χ0n) is 33.5. The molecule has 1 aliphatic heterocycles. The highest BCUT2D eigenvalue weighted by atomic mass is 16.2. The normalized spacial score (nSPS) is 20.6. The Morgan fingerprint density at radius 1 is 0.833 bits per heavy atom. The number of rotatable bonds is 14. The second kappa shape index (κ2) is 21.9. The van der Waals surface area contributed by atoms with E-state index in [0.29, 0.717) is 12.1 Å². The summed E-state index contributed by atoms with van der Waals surface area (Å²) < 4.78 is 0. The lowest BCUT2D eigenvalue weighted by atomic mass is 9.81. The number of imidazole rings is 1. The standard InChI is InChI=1S/C43H54N10O7/c44-41(59)29(18-30-23-50-33-11-5-4-10-32(30)33)21-37(55)28-14-16-48-39(57)12-13-40(58)52-35(22-31-24-47-25-51-31)42(60)53-34(17-26-7-2-1-3-8-26)38(56)20-27(36(54)19-28)9-6-15-49-43(45)46/h1-5,7-8,10-11,23-25,27-29,34-35,50H,6,9,12-22H2,(H2,44,59)(H,47,51)(H,48,57)(H,52,58)(H,53,60)(H4,45,46,49)/t27-,28-,29-,34-,35+/m1/s1. The number of carbonyl (C=O) groups excluding carboxylic acids is 7. The number of benzene rings is 2. The molecule has 2 aromatic carbocycles. The Labute approximate surface area is 347 Å². The third-order valence-electron chi connectivity index (χ3n) is 10.8. The summed E-state index contributed by atoms with van der Waals surface area (Å²) >= 11 is 0. The van der Waals surface area contributed by atoms with E-state index in [1.807, 2.05) is 42.5 Å². The number of H-pyrrole nitrogens is 2. The van der Waals surface area contributed by atoms with Crippen molar-refractivity contribution in [3.8, 4) is 0 Å². The first-order valence-electron chi connectivity index (χ1n) is 20.2. The van der Waals surface area contributed by atoms with Crippen molar-refractivity contribution in [2.45, 2.75) is 82.7 Å². The lowest BCUT2D eigenvalue weighted by Crippen LogP contribution is -2.53. The monoisotopic (exact) mass is 822 g/mol. The summed E-state index contributed by atoms with van der Waals surface area (Å²) in [6.07, 6.45) is 4.32. The van der Waals surface area contributed by atoms with Crippen molar-refractivity contribution >= 4 is 57.8 Å². The first-order valence-corrected chi connectivity index (χ1v) is 20.2. The van der Waals surface area contributed by atoms with Crippen molar-refractivity contribution in [1.82, 2.24) is 30.9 Å². The van der Waals surface area contributed by atoms with Crippen LogP contribution in [0.2, 0.25) is 0 Å². The van der Waals surface area contributed by atoms with Gasteiger partial charge in [-0.05, 0) is 49.3 Å². The van der Waals surface area contributed by atoms with E-state index in [1.54, 1.807) is 18.3 Å². The van der Waals surface area contributed by atoms with Crippen LogP contribution in [0.1, 0.15) is 68.2 Å². The number of nitrogens with one attached hydrogen (secondary N) is 5. The average molecular weight is 823 g/mol. The summed E-state index contributed by atoms with van der Waals surface area (Å²) in [5, 5.41) is 9.16. The van der Waals surface area contributed by atoms with Crippen LogP contribution in [0.5, 0.6) is 0 Å². The van der Waals surface area contributed by atoms with Gasteiger partial charge in [-0.2, -0.15) is 0 Å². The van der Waals surface area contributed by atoms with Crippen molar-refractivity contribution in [2.75, 3.05) is 13.1 Å². The minimum absolute atomic E-state index is 0.00802. The Kier molecular flexibility index (Phi) is 16.2. The molecule has 3 heterocycles. The number of nitrogens with zero attached hydrogens (tertiary/aromatic N) is 2. The second-order valence-corrected chi connectivity index (χ2v) is 15.3. The zero-order valence-corrected chi connectivity index (χ0v) is 33.5. The van der Waals surface area contributed by atoms with Crippen LogP contribution >= 0.6 is 0 Å². The minimum Gasteiger partial charge on any atom is -0.370 e. The van der Waals surface area contributed by atoms with Gasteiger partial charge in [0.05, 0.1) is 12.4 Å². The van der Waals surface area contributed by atoms with Crippen molar-refractivity contribution in [1.29, 1.82) is 0 Å². The largest absolute Gasteiger partial charge is 0.370 e. The van der Waals surface area contributed by atoms with Gasteiger partial charge in [-0.1, -0.05) is 48.5 Å². The molecular formula is C43H54N10O7. The molecule has 318 valence electrons. The molecule has 4 aromatic rings. The molecule has 1 saturated heterocycles. The minimum atomic E-state index is -1.13. The molecule has 4 amide bonds. The number of aromatic nitrogens is 3. The number of guanidine groups is 1. The molecule has 2 aromatic heterocycles. The summed E-state index contributed by atoms with van der Waals surface area (Å²) in [6, 6.07) is 14.4. The van der Waals surface area contributed by atoms with E-state index in [1.165, 1.54) is 12.5 Å². The molecule has 0 unspecified atom stereocenters. The number of fused-ring (bicyclic) bond motifs is 1. The van der Waals surface area contributed by atoms with Crippen LogP contribution in [0.4, 0.5) is 0 Å². The highest BCUT2D eigenvalue weighted by molar-refractivity contribution is 5.97. The van der Waals surface area contributed by atoms with Gasteiger partial charge in [0, 0.05) is 98.4 Å². The fourth-order valence-corrected chi connectivity index (χ4v) is 7.50. The Morgan fingerprint density at radius 2 is 1.58 bits per heavy atom. The number of nitrogens with two attached hydrogens (primary N) is 3. The molecule has 0 saturated carbocycles. The maximum atomic E-state index is 14.4. The van der Waals surface area contributed by atoms with Crippen LogP contribution < -0.4 is 33.2 Å². The highest BCUT2D eigenvalue weighted by Gasteiger charge is 2.34. The molecular weight excluding hydrogens is 769 g/mol. The Hall–Kier alpha value is -6.65. The van der Waals surface area contributed by atoms with Gasteiger partial charge in [0.25, 0.3) is 0 Å². The van der Waals surface area contributed by atoms with Gasteiger partial charge in [-0.3, -0.25) is 38.6 Å². The van der Waals surface area contributed by atoms with E-state index in [2.05, 4.69) is 35.9 Å². The van der Waals surface area contributed by atoms with Gasteiger partial charge in [0.1, 0.15) is 17.6 Å². The number of amides is 4. The van der Waals surface area contributed by atoms with E-state index in [0.717, 1.165) is 22.0 Å². The predicted octanol–water partition coefficient (Wildman–Crippen LogP) is 1.45. The van der Waals surface area contributed by atoms with Crippen molar-refractivity contribution in [2.24, 2.45) is 39.9 Å². The third kappa shape index (κ3) is 13.5. The number of Topliss-reactive ketones (excluding diaryl/α,β-unsaturated/α-hetero) is 3. The van der Waals surface area contributed by atoms with Crippen LogP contribution in [0, 0.1) is 17.8 Å². The fourth-order valence-electron chi connectivity index (χ4n) is 7.50. The Balaban J connectivity index is 1.43. The molecule has 1 aliphatic rings. The molecule has 5 rings (SSSR count). The summed E-state index contributed by atoms with van der Waals surface area (Å²) in [7, 11) is 0. The lowest BCUT2D eigenvalue weighted by Gasteiger charge is -2.25. The number of carbonyl (C=O) groups is 7. The number of hydrogen-bond donors (Lipinski definition) is 8. The third-order valence-corrected chi connectivity index (χ3v) is 10.8. The lowest BCUT2D eigenvalue weighted by molar-refractivity contribution is -0.135. The van der Waals surface area contributed by atoms with Gasteiger partial charge in [0.2, 0.25) is 23.6 Å². The maximum absolute atomic E-state index is 14.4. The number of hydrogen-bond acceptors (Lipinski definition) is 9. The molecule has 17 heteroatoms. The molecule has 5 atom stereocenters. The fraction of sp³-hybridized carbons (Fsp3) is 0.419. The van der Waals surface area contributed by atoms with Crippen molar-refractivity contribution in [3.05, 3.63) is 90.1 Å². The van der Waals surface area contributed by atoms with Crippen LogP contribution in [0.3, 0.4) is 0 Å². The van der Waals surface area contributed by atoms with E-state index in [9.17, 15) is 33.6 Å². The number of primary amides is 1. The molecule has 0 aliphatic carbocycles. The smallest absolute Gasteiger partial charge is 0.243 e. The van der Waals surface area contributed by atoms with E-state index >= 15 is 0 Å². The molecule has 0 spiro atoms. The van der Waals surface area contributed by atoms with Crippen molar-refractivity contribution < 1.29 is 33.6 Å². The summed E-state index contributed by atoms with van der Waals surface area (Å²) in [5.41, 5.74) is 19.9. The predicted molar refractivity (Wildman–Crippen MR) is 224 cm³/mol. The number of aromatic amines is 2. The SMILES string of the molecule is NC(=O)[C@@H](CC(=O)[C@@H]1CCNC(=O)CCC(=O)N[C@@H](Cc2cnc[nH]2)C(=O)N[C@H](Cc2ccccc2)C(=O)C[C@@H](CCCN=C(N)N)C(=O)C1)Cc1c[nH]c2ccccc12. The zero-order chi connectivity index (χ0) is 43.0. The molecule has 0 radical (unpaired) electrons. The first kappa shape index (κ1) is 44.5. The summed E-state index contributed by atoms with van der Waals surface area (Å²) in [4.78, 5) is 110. The molecule has 11 N–H and O–H groups in total. The maximum Gasteiger partial charge on any atom is 0.243 e. The second-order valence-electron chi connectivity index (χ2n) is 15.3. The van der Waals surface area contributed by atoms with Gasteiger partial charge >= 0.3 is 0 Å².